The predicted octanol–water partition coefficient (Wildman–Crippen LogP) is 4.56. The Balaban J connectivity index is 1.41. The number of H-pyrrole nitrogens is 1. The highest BCUT2D eigenvalue weighted by molar-refractivity contribution is 5.86. The monoisotopic (exact) mass is 374 g/mol. The number of benzene rings is 2. The molecule has 1 atom stereocenters. The van der Waals surface area contributed by atoms with Gasteiger partial charge in [-0.25, -0.2) is 4.79 Å². The molecule has 0 amide bonds. The second-order valence-electron chi connectivity index (χ2n) is 7.43. The molecule has 1 aromatic heterocycles. The van der Waals surface area contributed by atoms with Crippen LogP contribution in [0.15, 0.2) is 60.8 Å². The number of fused-ring (bicyclic) bond motifs is 1. The van der Waals surface area contributed by atoms with Crippen LogP contribution in [-0.4, -0.2) is 35.5 Å². The molecule has 0 spiro atoms. The van der Waals surface area contributed by atoms with Crippen molar-refractivity contribution < 1.29 is 9.53 Å². The van der Waals surface area contributed by atoms with E-state index in [1.807, 2.05) is 0 Å². The van der Waals surface area contributed by atoms with E-state index in [1.54, 1.807) is 6.08 Å². The van der Waals surface area contributed by atoms with E-state index in [-0.39, 0.29) is 5.97 Å². The molecule has 144 valence electrons. The number of rotatable bonds is 6. The van der Waals surface area contributed by atoms with Gasteiger partial charge in [0.2, 0.25) is 0 Å². The van der Waals surface area contributed by atoms with Crippen LogP contribution in [0, 0.1) is 0 Å². The summed E-state index contributed by atoms with van der Waals surface area (Å²) in [4.78, 5) is 17.2. The lowest BCUT2D eigenvalue weighted by Crippen LogP contribution is -2.30. The molecule has 1 fully saturated rings. The van der Waals surface area contributed by atoms with Crippen molar-refractivity contribution in [2.24, 2.45) is 0 Å². The zero-order valence-electron chi connectivity index (χ0n) is 16.2. The number of carbonyl (C=O) groups excluding carboxylic acids is 1. The molecule has 2 aromatic carbocycles. The first-order chi connectivity index (χ1) is 13.7. The van der Waals surface area contributed by atoms with E-state index in [4.69, 9.17) is 0 Å². The third-order valence-corrected chi connectivity index (χ3v) is 5.61. The molecule has 4 heteroatoms. The number of hydrogen-bond donors (Lipinski definition) is 1. The number of hydrogen-bond acceptors (Lipinski definition) is 3. The van der Waals surface area contributed by atoms with Gasteiger partial charge in [0.15, 0.2) is 0 Å². The standard InChI is InChI=1S/C24H26N2O2/c1-28-24(27)13-12-18-8-10-19(11-9-18)17-26-14-4-5-21(26)15-20-16-25-23-7-3-2-6-22(20)23/h2-3,6-13,16,21,25H,4-5,14-15,17H2,1H3/b13-12+. The quantitative estimate of drug-likeness (QED) is 0.508. The number of ether oxygens (including phenoxy) is 1. The first-order valence-electron chi connectivity index (χ1n) is 9.87. The van der Waals surface area contributed by atoms with Crippen molar-refractivity contribution in [2.45, 2.75) is 31.8 Å². The fraction of sp³-hybridized carbons (Fsp3) is 0.292. The van der Waals surface area contributed by atoms with Crippen molar-refractivity contribution >= 4 is 22.9 Å². The Morgan fingerprint density at radius 2 is 2.04 bits per heavy atom. The van der Waals surface area contributed by atoms with Gasteiger partial charge < -0.3 is 9.72 Å². The lowest BCUT2D eigenvalue weighted by Gasteiger charge is -2.24. The molecule has 1 unspecified atom stereocenters. The SMILES string of the molecule is COC(=O)/C=C/c1ccc(CN2CCCC2Cc2c[nH]c3ccccc23)cc1. The fourth-order valence-corrected chi connectivity index (χ4v) is 4.09. The Morgan fingerprint density at radius 3 is 2.86 bits per heavy atom. The molecule has 0 bridgehead atoms. The van der Waals surface area contributed by atoms with Gasteiger partial charge in [-0.1, -0.05) is 42.5 Å². The van der Waals surface area contributed by atoms with Crippen LogP contribution in [0.2, 0.25) is 0 Å². The Labute approximate surface area is 165 Å². The normalized spacial score (nSPS) is 17.5. The third kappa shape index (κ3) is 4.18. The summed E-state index contributed by atoms with van der Waals surface area (Å²) in [6.45, 7) is 2.12. The molecule has 1 aliphatic rings. The third-order valence-electron chi connectivity index (χ3n) is 5.61. The first kappa shape index (κ1) is 18.5. The van der Waals surface area contributed by atoms with Gasteiger partial charge >= 0.3 is 5.97 Å². The van der Waals surface area contributed by atoms with Gasteiger partial charge in [0.25, 0.3) is 0 Å². The summed E-state index contributed by atoms with van der Waals surface area (Å²) in [6, 6.07) is 17.5. The van der Waals surface area contributed by atoms with Crippen molar-refractivity contribution in [3.05, 3.63) is 77.5 Å². The molecule has 0 saturated carbocycles. The second kappa shape index (κ2) is 8.44. The fourth-order valence-electron chi connectivity index (χ4n) is 4.09. The number of aromatic amines is 1. The smallest absolute Gasteiger partial charge is 0.330 e. The van der Waals surface area contributed by atoms with Crippen molar-refractivity contribution in [3.8, 4) is 0 Å². The van der Waals surface area contributed by atoms with Crippen molar-refractivity contribution in [3.63, 3.8) is 0 Å². The van der Waals surface area contributed by atoms with Gasteiger partial charge in [0.1, 0.15) is 0 Å². The maximum absolute atomic E-state index is 11.2. The number of methoxy groups -OCH3 is 1. The van der Waals surface area contributed by atoms with Crippen LogP contribution in [-0.2, 0) is 22.5 Å². The summed E-state index contributed by atoms with van der Waals surface area (Å²) in [5.41, 5.74) is 4.94. The molecule has 2 heterocycles. The predicted molar refractivity (Wildman–Crippen MR) is 113 cm³/mol. The van der Waals surface area contributed by atoms with Gasteiger partial charge in [-0.15, -0.1) is 0 Å². The van der Waals surface area contributed by atoms with Crippen LogP contribution in [0.5, 0.6) is 0 Å². The van der Waals surface area contributed by atoms with Crippen molar-refractivity contribution in [2.75, 3.05) is 13.7 Å². The van der Waals surface area contributed by atoms with Gasteiger partial charge in [-0.05, 0) is 54.6 Å². The molecule has 3 aromatic rings. The lowest BCUT2D eigenvalue weighted by atomic mass is 10.0. The van der Waals surface area contributed by atoms with Crippen LogP contribution in [0.4, 0.5) is 0 Å². The molecule has 1 aliphatic heterocycles. The summed E-state index contributed by atoms with van der Waals surface area (Å²) in [5.74, 6) is -0.332. The van der Waals surface area contributed by atoms with E-state index < -0.39 is 0 Å². The minimum Gasteiger partial charge on any atom is -0.466 e. The topological polar surface area (TPSA) is 45.3 Å². The van der Waals surface area contributed by atoms with E-state index in [1.165, 1.54) is 48.1 Å². The summed E-state index contributed by atoms with van der Waals surface area (Å²) in [7, 11) is 1.39. The van der Waals surface area contributed by atoms with Gasteiger partial charge in [0.05, 0.1) is 7.11 Å². The zero-order chi connectivity index (χ0) is 19.3. The van der Waals surface area contributed by atoms with E-state index >= 15 is 0 Å². The van der Waals surface area contributed by atoms with Crippen LogP contribution in [0.25, 0.3) is 17.0 Å². The van der Waals surface area contributed by atoms with Gasteiger partial charge in [-0.2, -0.15) is 0 Å². The molecular formula is C24H26N2O2. The molecule has 4 nitrogen and oxygen atoms in total. The van der Waals surface area contributed by atoms with E-state index in [0.29, 0.717) is 6.04 Å². The molecule has 1 N–H and O–H groups in total. The molecule has 0 aliphatic carbocycles. The summed E-state index contributed by atoms with van der Waals surface area (Å²) < 4.78 is 4.63. The average molecular weight is 374 g/mol. The number of nitrogens with one attached hydrogen (secondary N) is 1. The molecule has 1 saturated heterocycles. The van der Waals surface area contributed by atoms with Gasteiger partial charge in [-0.3, -0.25) is 4.90 Å². The highest BCUT2D eigenvalue weighted by Crippen LogP contribution is 2.27. The van der Waals surface area contributed by atoms with E-state index in [9.17, 15) is 4.79 Å². The summed E-state index contributed by atoms with van der Waals surface area (Å²) in [6.07, 6.45) is 9.00. The minimum absolute atomic E-state index is 0.332. The summed E-state index contributed by atoms with van der Waals surface area (Å²) >= 11 is 0. The molecule has 28 heavy (non-hydrogen) atoms. The number of para-hydroxylation sites is 1. The first-order valence-corrected chi connectivity index (χ1v) is 9.87. The Hall–Kier alpha value is -2.85. The molecular weight excluding hydrogens is 348 g/mol. The molecule has 0 radical (unpaired) electrons. The van der Waals surface area contributed by atoms with Crippen LogP contribution in [0.3, 0.4) is 0 Å². The number of nitrogens with zero attached hydrogens (tertiary/aromatic N) is 1. The Morgan fingerprint density at radius 1 is 1.21 bits per heavy atom. The number of likely N-dealkylation sites (tertiary alicyclic amines) is 1. The number of carbonyl (C=O) groups is 1. The van der Waals surface area contributed by atoms with Crippen molar-refractivity contribution in [1.29, 1.82) is 0 Å². The van der Waals surface area contributed by atoms with E-state index in [2.05, 4.69) is 69.3 Å². The number of aromatic nitrogens is 1. The lowest BCUT2D eigenvalue weighted by molar-refractivity contribution is -0.134. The minimum atomic E-state index is -0.332. The molecule has 4 rings (SSSR count). The number of esters is 1. The highest BCUT2D eigenvalue weighted by atomic mass is 16.5. The zero-order valence-corrected chi connectivity index (χ0v) is 16.2. The largest absolute Gasteiger partial charge is 0.466 e. The Kier molecular flexibility index (Phi) is 5.58. The van der Waals surface area contributed by atoms with Crippen LogP contribution < -0.4 is 0 Å². The Bertz CT molecular complexity index is 972. The van der Waals surface area contributed by atoms with Gasteiger partial charge in [0, 0.05) is 35.8 Å². The van der Waals surface area contributed by atoms with Crippen molar-refractivity contribution in [1.82, 2.24) is 9.88 Å². The maximum Gasteiger partial charge on any atom is 0.330 e. The summed E-state index contributed by atoms with van der Waals surface area (Å²) in [5, 5.41) is 1.34. The van der Waals surface area contributed by atoms with E-state index in [0.717, 1.165) is 25.1 Å². The average Bonchev–Trinajstić information content (AvgIpc) is 3.35. The maximum atomic E-state index is 11.2. The van der Waals surface area contributed by atoms with Crippen LogP contribution >= 0.6 is 0 Å². The highest BCUT2D eigenvalue weighted by Gasteiger charge is 2.25. The second-order valence-corrected chi connectivity index (χ2v) is 7.43. The van der Waals surface area contributed by atoms with Crippen LogP contribution in [0.1, 0.15) is 29.5 Å².